The van der Waals surface area contributed by atoms with Crippen molar-refractivity contribution in [2.45, 2.75) is 6.61 Å². The smallest absolute Gasteiger partial charge is 0.137 e. The summed E-state index contributed by atoms with van der Waals surface area (Å²) in [5.41, 5.74) is 1.94. The SMILES string of the molecule is OCc1ccnc(Cl)c1-c1cc(Cl)ccc1Cl. The molecule has 1 heterocycles. The molecule has 88 valence electrons. The molecule has 0 spiro atoms. The molecule has 0 aliphatic carbocycles. The first-order valence-electron chi connectivity index (χ1n) is 4.83. The number of halogens is 3. The van der Waals surface area contributed by atoms with Crippen molar-refractivity contribution >= 4 is 34.8 Å². The van der Waals surface area contributed by atoms with E-state index in [1.165, 1.54) is 6.20 Å². The Bertz CT molecular complexity index is 557. The van der Waals surface area contributed by atoms with Crippen LogP contribution in [0.5, 0.6) is 0 Å². The van der Waals surface area contributed by atoms with Crippen molar-refractivity contribution in [2.24, 2.45) is 0 Å². The van der Waals surface area contributed by atoms with Crippen LogP contribution in [0, 0.1) is 0 Å². The highest BCUT2D eigenvalue weighted by atomic mass is 35.5. The summed E-state index contributed by atoms with van der Waals surface area (Å²) in [5.74, 6) is 0. The lowest BCUT2D eigenvalue weighted by atomic mass is 10.0. The minimum atomic E-state index is -0.138. The van der Waals surface area contributed by atoms with E-state index in [1.54, 1.807) is 24.3 Å². The predicted octanol–water partition coefficient (Wildman–Crippen LogP) is 4.20. The second kappa shape index (κ2) is 5.23. The highest BCUT2D eigenvalue weighted by molar-refractivity contribution is 6.37. The van der Waals surface area contributed by atoms with Crippen LogP contribution in [-0.2, 0) is 6.61 Å². The standard InChI is InChI=1S/C12H8Cl3NO/c13-8-1-2-10(14)9(5-8)11-7(6-17)3-4-16-12(11)15/h1-5,17H,6H2. The fraction of sp³-hybridized carbons (Fsp3) is 0.0833. The van der Waals surface area contributed by atoms with Gasteiger partial charge in [-0.1, -0.05) is 34.8 Å². The second-order valence-corrected chi connectivity index (χ2v) is 4.62. The van der Waals surface area contributed by atoms with E-state index in [9.17, 15) is 5.11 Å². The van der Waals surface area contributed by atoms with Gasteiger partial charge in [0, 0.05) is 27.4 Å². The van der Waals surface area contributed by atoms with Gasteiger partial charge in [0.15, 0.2) is 0 Å². The largest absolute Gasteiger partial charge is 0.392 e. The number of nitrogens with zero attached hydrogens (tertiary/aromatic N) is 1. The molecular formula is C12H8Cl3NO. The lowest BCUT2D eigenvalue weighted by Crippen LogP contribution is -1.93. The summed E-state index contributed by atoms with van der Waals surface area (Å²) in [6.07, 6.45) is 1.54. The molecule has 2 rings (SSSR count). The van der Waals surface area contributed by atoms with Gasteiger partial charge in [-0.3, -0.25) is 0 Å². The van der Waals surface area contributed by atoms with E-state index in [0.717, 1.165) is 0 Å². The first-order chi connectivity index (χ1) is 8.13. The fourth-order valence-corrected chi connectivity index (χ4v) is 2.24. The van der Waals surface area contributed by atoms with Gasteiger partial charge >= 0.3 is 0 Å². The van der Waals surface area contributed by atoms with Crippen LogP contribution in [0.3, 0.4) is 0 Å². The Labute approximate surface area is 114 Å². The Hall–Kier alpha value is -0.800. The maximum Gasteiger partial charge on any atom is 0.137 e. The first-order valence-corrected chi connectivity index (χ1v) is 5.96. The fourth-order valence-electron chi connectivity index (χ4n) is 1.58. The average Bonchev–Trinajstić information content (AvgIpc) is 2.32. The Kier molecular flexibility index (Phi) is 3.89. The Morgan fingerprint density at radius 1 is 1.12 bits per heavy atom. The minimum Gasteiger partial charge on any atom is -0.392 e. The molecule has 0 saturated heterocycles. The van der Waals surface area contributed by atoms with Crippen molar-refractivity contribution in [2.75, 3.05) is 0 Å². The van der Waals surface area contributed by atoms with Crippen LogP contribution in [0.2, 0.25) is 15.2 Å². The van der Waals surface area contributed by atoms with Gasteiger partial charge in [-0.15, -0.1) is 0 Å². The molecular weight excluding hydrogens is 280 g/mol. The number of aromatic nitrogens is 1. The van der Waals surface area contributed by atoms with Crippen LogP contribution >= 0.6 is 34.8 Å². The van der Waals surface area contributed by atoms with Gasteiger partial charge in [0.25, 0.3) is 0 Å². The van der Waals surface area contributed by atoms with Crippen LogP contribution in [0.25, 0.3) is 11.1 Å². The number of hydrogen-bond acceptors (Lipinski definition) is 2. The Balaban J connectivity index is 2.71. The van der Waals surface area contributed by atoms with Crippen molar-refractivity contribution in [3.05, 3.63) is 51.2 Å². The predicted molar refractivity (Wildman–Crippen MR) is 70.6 cm³/mol. The maximum absolute atomic E-state index is 9.30. The third-order valence-corrected chi connectivity index (χ3v) is 3.21. The molecule has 0 aliphatic heterocycles. The zero-order valence-electron chi connectivity index (χ0n) is 8.62. The molecule has 0 radical (unpaired) electrons. The van der Waals surface area contributed by atoms with Crippen LogP contribution in [0.15, 0.2) is 30.5 Å². The van der Waals surface area contributed by atoms with Crippen LogP contribution < -0.4 is 0 Å². The van der Waals surface area contributed by atoms with E-state index in [4.69, 9.17) is 34.8 Å². The molecule has 0 atom stereocenters. The maximum atomic E-state index is 9.30. The molecule has 0 amide bonds. The van der Waals surface area contributed by atoms with E-state index in [1.807, 2.05) is 0 Å². The van der Waals surface area contributed by atoms with E-state index in [0.29, 0.717) is 31.9 Å². The van der Waals surface area contributed by atoms with Crippen LogP contribution in [0.4, 0.5) is 0 Å². The quantitative estimate of drug-likeness (QED) is 0.840. The van der Waals surface area contributed by atoms with E-state index in [-0.39, 0.29) is 6.61 Å². The van der Waals surface area contributed by atoms with Gasteiger partial charge in [0.1, 0.15) is 5.15 Å². The van der Waals surface area contributed by atoms with E-state index < -0.39 is 0 Å². The lowest BCUT2D eigenvalue weighted by molar-refractivity contribution is 0.282. The van der Waals surface area contributed by atoms with Gasteiger partial charge in [-0.25, -0.2) is 4.98 Å². The topological polar surface area (TPSA) is 33.1 Å². The molecule has 0 bridgehead atoms. The number of hydrogen-bond donors (Lipinski definition) is 1. The summed E-state index contributed by atoms with van der Waals surface area (Å²) in [5, 5.41) is 10.7. The zero-order chi connectivity index (χ0) is 12.4. The molecule has 0 saturated carbocycles. The lowest BCUT2D eigenvalue weighted by Gasteiger charge is -2.11. The number of aliphatic hydroxyl groups is 1. The summed E-state index contributed by atoms with van der Waals surface area (Å²) >= 11 is 18.1. The molecule has 0 aliphatic rings. The molecule has 0 fully saturated rings. The molecule has 1 aromatic carbocycles. The minimum absolute atomic E-state index is 0.138. The molecule has 2 aromatic rings. The summed E-state index contributed by atoms with van der Waals surface area (Å²) < 4.78 is 0. The highest BCUT2D eigenvalue weighted by Gasteiger charge is 2.13. The molecule has 0 unspecified atom stereocenters. The van der Waals surface area contributed by atoms with Gasteiger partial charge in [0.2, 0.25) is 0 Å². The molecule has 2 nitrogen and oxygen atoms in total. The van der Waals surface area contributed by atoms with Crippen molar-refractivity contribution in [3.63, 3.8) is 0 Å². The van der Waals surface area contributed by atoms with Gasteiger partial charge in [-0.2, -0.15) is 0 Å². The van der Waals surface area contributed by atoms with Crippen molar-refractivity contribution < 1.29 is 5.11 Å². The average molecular weight is 289 g/mol. The number of benzene rings is 1. The third-order valence-electron chi connectivity index (χ3n) is 2.36. The summed E-state index contributed by atoms with van der Waals surface area (Å²) in [6, 6.07) is 6.77. The van der Waals surface area contributed by atoms with Gasteiger partial charge in [0.05, 0.1) is 6.61 Å². The molecule has 17 heavy (non-hydrogen) atoms. The van der Waals surface area contributed by atoms with Crippen molar-refractivity contribution in [3.8, 4) is 11.1 Å². The number of pyridine rings is 1. The highest BCUT2D eigenvalue weighted by Crippen LogP contribution is 2.36. The summed E-state index contributed by atoms with van der Waals surface area (Å²) in [6.45, 7) is -0.138. The van der Waals surface area contributed by atoms with Gasteiger partial charge in [-0.05, 0) is 29.8 Å². The number of aliphatic hydroxyl groups excluding tert-OH is 1. The third kappa shape index (κ3) is 2.55. The molecule has 1 N–H and O–H groups in total. The van der Waals surface area contributed by atoms with Gasteiger partial charge < -0.3 is 5.11 Å². The monoisotopic (exact) mass is 287 g/mol. The van der Waals surface area contributed by atoms with Crippen LogP contribution in [0.1, 0.15) is 5.56 Å². The Morgan fingerprint density at radius 3 is 2.59 bits per heavy atom. The number of rotatable bonds is 2. The van der Waals surface area contributed by atoms with E-state index in [2.05, 4.69) is 4.98 Å². The van der Waals surface area contributed by atoms with Crippen molar-refractivity contribution in [1.29, 1.82) is 0 Å². The zero-order valence-corrected chi connectivity index (χ0v) is 10.9. The summed E-state index contributed by atoms with van der Waals surface area (Å²) in [4.78, 5) is 3.99. The normalized spacial score (nSPS) is 10.6. The molecule has 1 aromatic heterocycles. The summed E-state index contributed by atoms with van der Waals surface area (Å²) in [7, 11) is 0. The molecule has 5 heteroatoms. The van der Waals surface area contributed by atoms with E-state index >= 15 is 0 Å². The second-order valence-electron chi connectivity index (χ2n) is 3.42. The van der Waals surface area contributed by atoms with Crippen molar-refractivity contribution in [1.82, 2.24) is 4.98 Å². The van der Waals surface area contributed by atoms with Crippen LogP contribution in [-0.4, -0.2) is 10.1 Å². The Morgan fingerprint density at radius 2 is 1.88 bits per heavy atom. The first kappa shape index (κ1) is 12.7.